The molecule has 7 heteroatoms. The van der Waals surface area contributed by atoms with Gasteiger partial charge < -0.3 is 5.32 Å². The highest BCUT2D eigenvalue weighted by atomic mass is 32.2. The smallest absolute Gasteiger partial charge is 0.243 e. The molecule has 0 aromatic heterocycles. The normalized spacial score (nSPS) is 12.6. The van der Waals surface area contributed by atoms with Crippen molar-refractivity contribution in [3.05, 3.63) is 65.7 Å². The lowest BCUT2D eigenvalue weighted by molar-refractivity contribution is -0.121. The summed E-state index contributed by atoms with van der Waals surface area (Å²) in [5, 5.41) is 2.78. The van der Waals surface area contributed by atoms with Crippen molar-refractivity contribution in [2.75, 3.05) is 13.6 Å². The van der Waals surface area contributed by atoms with Crippen molar-refractivity contribution >= 4 is 21.7 Å². The molecule has 0 heterocycles. The minimum absolute atomic E-state index is 0.0360. The Morgan fingerprint density at radius 2 is 1.62 bits per heavy atom. The van der Waals surface area contributed by atoms with Crippen molar-refractivity contribution in [3.8, 4) is 0 Å². The third-order valence-corrected chi connectivity index (χ3v) is 5.83. The van der Waals surface area contributed by atoms with E-state index < -0.39 is 15.9 Å². The molecule has 1 N–H and O–H groups in total. The minimum Gasteiger partial charge on any atom is -0.348 e. The van der Waals surface area contributed by atoms with Crippen LogP contribution < -0.4 is 5.32 Å². The number of hydrogen-bond acceptors (Lipinski definition) is 4. The molecule has 2 aromatic carbocycles. The van der Waals surface area contributed by atoms with E-state index in [1.54, 1.807) is 0 Å². The standard InChI is InChI=1S/C19H22N2O4S/c1-14(16-7-5-4-6-8-16)20-19(23)13-21(3)26(24,25)18-11-9-17(10-12-18)15(2)22/h4-12,14H,13H2,1-3H3,(H,20,23)/t14-/m0/s1. The highest BCUT2D eigenvalue weighted by molar-refractivity contribution is 7.89. The van der Waals surface area contributed by atoms with Gasteiger partial charge in [0, 0.05) is 12.6 Å². The third-order valence-electron chi connectivity index (χ3n) is 4.01. The van der Waals surface area contributed by atoms with Gasteiger partial charge in [0.2, 0.25) is 15.9 Å². The Labute approximate surface area is 153 Å². The molecule has 0 unspecified atom stereocenters. The average Bonchev–Trinajstić information content (AvgIpc) is 2.62. The van der Waals surface area contributed by atoms with Crippen LogP contribution in [0.25, 0.3) is 0 Å². The van der Waals surface area contributed by atoms with Crippen LogP contribution in [0.2, 0.25) is 0 Å². The van der Waals surface area contributed by atoms with E-state index in [2.05, 4.69) is 5.32 Å². The number of carbonyl (C=O) groups excluding carboxylic acids is 2. The Hall–Kier alpha value is -2.51. The maximum absolute atomic E-state index is 12.6. The van der Waals surface area contributed by atoms with Gasteiger partial charge in [-0.1, -0.05) is 42.5 Å². The van der Waals surface area contributed by atoms with E-state index in [-0.39, 0.29) is 23.3 Å². The fourth-order valence-corrected chi connectivity index (χ4v) is 3.57. The number of nitrogens with zero attached hydrogens (tertiary/aromatic N) is 1. The van der Waals surface area contributed by atoms with Gasteiger partial charge in [0.1, 0.15) is 0 Å². The first-order valence-corrected chi connectivity index (χ1v) is 9.57. The second kappa shape index (κ2) is 8.25. The zero-order valence-corrected chi connectivity index (χ0v) is 15.8. The van der Waals surface area contributed by atoms with Crippen molar-refractivity contribution in [2.24, 2.45) is 0 Å². The molecule has 0 saturated heterocycles. The third kappa shape index (κ3) is 4.77. The molecule has 26 heavy (non-hydrogen) atoms. The summed E-state index contributed by atoms with van der Waals surface area (Å²) in [5.74, 6) is -0.538. The Morgan fingerprint density at radius 3 is 2.15 bits per heavy atom. The average molecular weight is 374 g/mol. The number of carbonyl (C=O) groups is 2. The number of sulfonamides is 1. The topological polar surface area (TPSA) is 83.6 Å². The molecule has 138 valence electrons. The fourth-order valence-electron chi connectivity index (χ4n) is 2.44. The first-order valence-electron chi connectivity index (χ1n) is 8.13. The van der Waals surface area contributed by atoms with Crippen molar-refractivity contribution in [1.29, 1.82) is 0 Å². The van der Waals surface area contributed by atoms with Crippen molar-refractivity contribution in [2.45, 2.75) is 24.8 Å². The number of likely N-dealkylation sites (N-methyl/N-ethyl adjacent to an activating group) is 1. The summed E-state index contributed by atoms with van der Waals surface area (Å²) in [5.41, 5.74) is 1.37. The molecule has 1 atom stereocenters. The Kier molecular flexibility index (Phi) is 6.28. The zero-order valence-electron chi connectivity index (χ0n) is 15.0. The molecule has 0 fully saturated rings. The Bertz CT molecular complexity index is 878. The zero-order chi connectivity index (χ0) is 19.3. The number of amides is 1. The monoisotopic (exact) mass is 374 g/mol. The van der Waals surface area contributed by atoms with Crippen LogP contribution in [0, 0.1) is 0 Å². The second-order valence-electron chi connectivity index (χ2n) is 6.04. The van der Waals surface area contributed by atoms with E-state index >= 15 is 0 Å². The molecule has 0 saturated carbocycles. The van der Waals surface area contributed by atoms with Gasteiger partial charge in [-0.3, -0.25) is 9.59 Å². The number of ketones is 1. The first-order chi connectivity index (χ1) is 12.2. The molecule has 0 spiro atoms. The molecule has 0 radical (unpaired) electrons. The molecule has 0 aliphatic carbocycles. The van der Waals surface area contributed by atoms with Crippen LogP contribution in [0.5, 0.6) is 0 Å². The summed E-state index contributed by atoms with van der Waals surface area (Å²) in [7, 11) is -2.47. The summed E-state index contributed by atoms with van der Waals surface area (Å²) >= 11 is 0. The molecule has 0 aliphatic rings. The van der Waals surface area contributed by atoms with Gasteiger partial charge in [0.25, 0.3) is 0 Å². The Balaban J connectivity index is 2.04. The maximum atomic E-state index is 12.6. The number of hydrogen-bond donors (Lipinski definition) is 1. The molecule has 0 aliphatic heterocycles. The van der Waals surface area contributed by atoms with E-state index in [1.165, 1.54) is 38.2 Å². The van der Waals surface area contributed by atoms with E-state index in [1.807, 2.05) is 37.3 Å². The van der Waals surface area contributed by atoms with Crippen LogP contribution in [0.15, 0.2) is 59.5 Å². The van der Waals surface area contributed by atoms with E-state index in [0.717, 1.165) is 9.87 Å². The predicted octanol–water partition coefficient (Wildman–Crippen LogP) is 2.39. The van der Waals surface area contributed by atoms with Gasteiger partial charge in [0.05, 0.1) is 17.5 Å². The Morgan fingerprint density at radius 1 is 1.04 bits per heavy atom. The van der Waals surface area contributed by atoms with Crippen molar-refractivity contribution < 1.29 is 18.0 Å². The molecule has 2 aromatic rings. The summed E-state index contributed by atoms with van der Waals surface area (Å²) in [6.45, 7) is 2.95. The molecule has 1 amide bonds. The quantitative estimate of drug-likeness (QED) is 0.754. The van der Waals surface area contributed by atoms with Crippen molar-refractivity contribution in [3.63, 3.8) is 0 Å². The molecule has 6 nitrogen and oxygen atoms in total. The van der Waals surface area contributed by atoms with Crippen LogP contribution in [-0.2, 0) is 14.8 Å². The summed E-state index contributed by atoms with van der Waals surface area (Å²) in [6.07, 6.45) is 0. The second-order valence-corrected chi connectivity index (χ2v) is 8.09. The van der Waals surface area contributed by atoms with Gasteiger partial charge in [-0.15, -0.1) is 0 Å². The summed E-state index contributed by atoms with van der Waals surface area (Å²) in [4.78, 5) is 23.5. The van der Waals surface area contributed by atoms with Gasteiger partial charge in [0.15, 0.2) is 5.78 Å². The number of nitrogens with one attached hydrogen (secondary N) is 1. The largest absolute Gasteiger partial charge is 0.348 e. The maximum Gasteiger partial charge on any atom is 0.243 e. The van der Waals surface area contributed by atoms with Crippen LogP contribution in [-0.4, -0.2) is 38.0 Å². The summed E-state index contributed by atoms with van der Waals surface area (Å²) < 4.78 is 26.1. The van der Waals surface area contributed by atoms with Gasteiger partial charge in [-0.25, -0.2) is 8.42 Å². The highest BCUT2D eigenvalue weighted by Gasteiger charge is 2.23. The highest BCUT2D eigenvalue weighted by Crippen LogP contribution is 2.16. The summed E-state index contributed by atoms with van der Waals surface area (Å²) in [6, 6.07) is 14.8. The van der Waals surface area contributed by atoms with Crippen LogP contribution in [0.1, 0.15) is 35.8 Å². The lowest BCUT2D eigenvalue weighted by Crippen LogP contribution is -2.39. The van der Waals surface area contributed by atoms with Crippen LogP contribution in [0.3, 0.4) is 0 Å². The number of benzene rings is 2. The van der Waals surface area contributed by atoms with Crippen molar-refractivity contribution in [1.82, 2.24) is 9.62 Å². The first kappa shape index (κ1) is 19.8. The van der Waals surface area contributed by atoms with Gasteiger partial charge >= 0.3 is 0 Å². The lowest BCUT2D eigenvalue weighted by Gasteiger charge is -2.19. The van der Waals surface area contributed by atoms with Gasteiger partial charge in [-0.05, 0) is 31.5 Å². The molecular formula is C19H22N2O4S. The predicted molar refractivity (Wildman–Crippen MR) is 99.3 cm³/mol. The fraction of sp³-hybridized carbons (Fsp3) is 0.263. The van der Waals surface area contributed by atoms with Crippen LogP contribution >= 0.6 is 0 Å². The van der Waals surface area contributed by atoms with E-state index in [4.69, 9.17) is 0 Å². The van der Waals surface area contributed by atoms with Crippen LogP contribution in [0.4, 0.5) is 0 Å². The lowest BCUT2D eigenvalue weighted by atomic mass is 10.1. The molecule has 0 bridgehead atoms. The van der Waals surface area contributed by atoms with E-state index in [0.29, 0.717) is 5.56 Å². The number of Topliss-reactive ketones (excluding diaryl/α,β-unsaturated/α-hetero) is 1. The van der Waals surface area contributed by atoms with E-state index in [9.17, 15) is 18.0 Å². The number of rotatable bonds is 7. The molecular weight excluding hydrogens is 352 g/mol. The minimum atomic E-state index is -3.82. The SMILES string of the molecule is CC(=O)c1ccc(S(=O)(=O)N(C)CC(=O)N[C@@H](C)c2ccccc2)cc1. The molecule has 2 rings (SSSR count). The van der Waals surface area contributed by atoms with Gasteiger partial charge in [-0.2, -0.15) is 4.31 Å².